The molecule has 0 saturated heterocycles. The lowest BCUT2D eigenvalue weighted by molar-refractivity contribution is 0.0234. The van der Waals surface area contributed by atoms with Crippen LogP contribution in [-0.4, -0.2) is 6.10 Å². The van der Waals surface area contributed by atoms with Crippen molar-refractivity contribution >= 4 is 0 Å². The summed E-state index contributed by atoms with van der Waals surface area (Å²) in [6, 6.07) is 10.4. The van der Waals surface area contributed by atoms with Crippen LogP contribution in [0.4, 0.5) is 0 Å². The number of unbranched alkanes of at least 4 members (excludes halogenated alkanes) is 1. The minimum absolute atomic E-state index is 0.279. The molecule has 0 heterocycles. The van der Waals surface area contributed by atoms with Crippen molar-refractivity contribution in [1.29, 1.82) is 0 Å². The molecule has 0 bridgehead atoms. The summed E-state index contributed by atoms with van der Waals surface area (Å²) in [6.07, 6.45) is 6.39. The fraction of sp³-hybridized carbons (Fsp3) is 0.556. The van der Waals surface area contributed by atoms with Crippen molar-refractivity contribution in [3.63, 3.8) is 0 Å². The molecule has 1 aromatic carbocycles. The van der Waals surface area contributed by atoms with Gasteiger partial charge in [0, 0.05) is 5.92 Å². The lowest BCUT2D eigenvalue weighted by atomic mass is 9.94. The Hall–Kier alpha value is -1.08. The van der Waals surface area contributed by atoms with Crippen LogP contribution >= 0.6 is 0 Å². The molecule has 2 atom stereocenters. The second-order valence-electron chi connectivity index (χ2n) is 5.55. The summed E-state index contributed by atoms with van der Waals surface area (Å²) in [5.41, 5.74) is 2.64. The number of benzene rings is 1. The Morgan fingerprint density at radius 1 is 1.21 bits per heavy atom. The Bertz CT molecular complexity index is 363. The zero-order chi connectivity index (χ0) is 14.1. The van der Waals surface area contributed by atoms with Gasteiger partial charge in [-0.1, -0.05) is 61.7 Å². The molecule has 0 N–H and O–H groups in total. The van der Waals surface area contributed by atoms with Crippen molar-refractivity contribution in [2.24, 2.45) is 5.92 Å². The summed E-state index contributed by atoms with van der Waals surface area (Å²) in [6.45, 7) is 9.49. The predicted molar refractivity (Wildman–Crippen MR) is 83.1 cm³/mol. The topological polar surface area (TPSA) is 9.23 Å². The molecule has 0 aromatic heterocycles. The maximum Gasteiger partial charge on any atom is 0.0720 e. The highest BCUT2D eigenvalue weighted by Crippen LogP contribution is 2.20. The first-order valence-corrected chi connectivity index (χ1v) is 7.44. The van der Waals surface area contributed by atoms with Gasteiger partial charge in [-0.05, 0) is 32.8 Å². The van der Waals surface area contributed by atoms with Gasteiger partial charge in [0.15, 0.2) is 0 Å². The smallest absolute Gasteiger partial charge is 0.0720 e. The highest BCUT2D eigenvalue weighted by molar-refractivity contribution is 5.13. The number of hydrogen-bond donors (Lipinski definition) is 0. The van der Waals surface area contributed by atoms with E-state index < -0.39 is 0 Å². The van der Waals surface area contributed by atoms with Gasteiger partial charge < -0.3 is 4.74 Å². The molecular formula is C18H28O. The van der Waals surface area contributed by atoms with E-state index in [-0.39, 0.29) is 6.10 Å². The summed E-state index contributed by atoms with van der Waals surface area (Å²) in [5, 5.41) is 0. The van der Waals surface area contributed by atoms with Gasteiger partial charge in [-0.25, -0.2) is 0 Å². The van der Waals surface area contributed by atoms with Crippen molar-refractivity contribution < 1.29 is 4.74 Å². The Labute approximate surface area is 118 Å². The van der Waals surface area contributed by atoms with Crippen LogP contribution in [-0.2, 0) is 11.3 Å². The summed E-state index contributed by atoms with van der Waals surface area (Å²) in [5.74, 6) is 0.536. The Morgan fingerprint density at radius 3 is 2.47 bits per heavy atom. The third-order valence-electron chi connectivity index (χ3n) is 3.40. The molecule has 1 nitrogen and oxygen atoms in total. The molecule has 0 aliphatic carbocycles. The summed E-state index contributed by atoms with van der Waals surface area (Å²) in [4.78, 5) is 0. The quantitative estimate of drug-likeness (QED) is 0.571. The van der Waals surface area contributed by atoms with Crippen LogP contribution in [0.3, 0.4) is 0 Å². The van der Waals surface area contributed by atoms with E-state index in [4.69, 9.17) is 4.74 Å². The molecule has 0 saturated carbocycles. The van der Waals surface area contributed by atoms with Gasteiger partial charge in [0.1, 0.15) is 0 Å². The average Bonchev–Trinajstić information content (AvgIpc) is 2.41. The van der Waals surface area contributed by atoms with Crippen LogP contribution in [0.1, 0.15) is 52.5 Å². The van der Waals surface area contributed by atoms with Gasteiger partial charge in [0.25, 0.3) is 0 Å². The van der Waals surface area contributed by atoms with Crippen molar-refractivity contribution in [3.05, 3.63) is 47.5 Å². The highest BCUT2D eigenvalue weighted by Gasteiger charge is 2.15. The zero-order valence-corrected chi connectivity index (χ0v) is 12.9. The van der Waals surface area contributed by atoms with E-state index in [0.29, 0.717) is 12.5 Å². The van der Waals surface area contributed by atoms with Gasteiger partial charge in [0.2, 0.25) is 0 Å². The van der Waals surface area contributed by atoms with Crippen molar-refractivity contribution in [3.8, 4) is 0 Å². The highest BCUT2D eigenvalue weighted by atomic mass is 16.5. The van der Waals surface area contributed by atoms with E-state index in [0.717, 1.165) is 0 Å². The predicted octanol–water partition coefficient (Wildman–Crippen LogP) is 5.36. The van der Waals surface area contributed by atoms with E-state index in [2.05, 4.69) is 58.0 Å². The molecule has 0 spiro atoms. The second kappa shape index (κ2) is 8.92. The van der Waals surface area contributed by atoms with Crippen LogP contribution in [0.15, 0.2) is 42.0 Å². The molecule has 19 heavy (non-hydrogen) atoms. The van der Waals surface area contributed by atoms with Crippen molar-refractivity contribution in [1.82, 2.24) is 0 Å². The van der Waals surface area contributed by atoms with E-state index >= 15 is 0 Å². The molecular weight excluding hydrogens is 232 g/mol. The zero-order valence-electron chi connectivity index (χ0n) is 12.9. The number of ether oxygens (including phenoxy) is 1. The lowest BCUT2D eigenvalue weighted by Gasteiger charge is -2.22. The first-order valence-electron chi connectivity index (χ1n) is 7.44. The van der Waals surface area contributed by atoms with Crippen molar-refractivity contribution in [2.75, 3.05) is 0 Å². The average molecular weight is 260 g/mol. The largest absolute Gasteiger partial charge is 0.373 e. The molecule has 106 valence electrons. The first-order chi connectivity index (χ1) is 9.13. The molecule has 0 aliphatic heterocycles. The summed E-state index contributed by atoms with van der Waals surface area (Å²) < 4.78 is 6.04. The molecule has 0 radical (unpaired) electrons. The van der Waals surface area contributed by atoms with Gasteiger partial charge in [0.05, 0.1) is 12.7 Å². The monoisotopic (exact) mass is 260 g/mol. The Balaban J connectivity index is 2.51. The third-order valence-corrected chi connectivity index (χ3v) is 3.40. The van der Waals surface area contributed by atoms with Crippen LogP contribution in [0, 0.1) is 5.92 Å². The molecule has 0 fully saturated rings. The van der Waals surface area contributed by atoms with Crippen LogP contribution < -0.4 is 0 Å². The van der Waals surface area contributed by atoms with Crippen LogP contribution in [0.25, 0.3) is 0 Å². The standard InChI is InChI=1S/C18H28O/c1-5-6-12-18(13-15(2)3)16(4)19-14-17-10-8-7-9-11-17/h7-11,13,16,18H,5-6,12,14H2,1-4H3/t16-,18+/m0/s1. The molecule has 1 heteroatoms. The lowest BCUT2D eigenvalue weighted by Crippen LogP contribution is -2.19. The van der Waals surface area contributed by atoms with Crippen LogP contribution in [0.2, 0.25) is 0 Å². The third kappa shape index (κ3) is 6.58. The SMILES string of the molecule is CCCC[C@H](C=C(C)C)[C@H](C)OCc1ccccc1. The van der Waals surface area contributed by atoms with Gasteiger partial charge in [-0.3, -0.25) is 0 Å². The molecule has 0 unspecified atom stereocenters. The number of allylic oxidation sites excluding steroid dienone is 1. The fourth-order valence-electron chi connectivity index (χ4n) is 2.25. The van der Waals surface area contributed by atoms with Crippen molar-refractivity contribution in [2.45, 2.75) is 59.7 Å². The Kier molecular flexibility index (Phi) is 7.50. The van der Waals surface area contributed by atoms with Gasteiger partial charge in [-0.2, -0.15) is 0 Å². The molecule has 0 amide bonds. The van der Waals surface area contributed by atoms with Crippen LogP contribution in [0.5, 0.6) is 0 Å². The minimum atomic E-state index is 0.279. The summed E-state index contributed by atoms with van der Waals surface area (Å²) >= 11 is 0. The van der Waals surface area contributed by atoms with E-state index in [1.807, 2.05) is 6.07 Å². The minimum Gasteiger partial charge on any atom is -0.373 e. The van der Waals surface area contributed by atoms with E-state index in [1.54, 1.807) is 0 Å². The maximum atomic E-state index is 6.04. The number of hydrogen-bond acceptors (Lipinski definition) is 1. The second-order valence-corrected chi connectivity index (χ2v) is 5.55. The molecule has 1 rings (SSSR count). The molecule has 0 aliphatic rings. The number of rotatable bonds is 8. The molecule has 1 aromatic rings. The van der Waals surface area contributed by atoms with E-state index in [9.17, 15) is 0 Å². The fourth-order valence-corrected chi connectivity index (χ4v) is 2.25. The van der Waals surface area contributed by atoms with Gasteiger partial charge in [-0.15, -0.1) is 0 Å². The summed E-state index contributed by atoms with van der Waals surface area (Å²) in [7, 11) is 0. The Morgan fingerprint density at radius 2 is 1.89 bits per heavy atom. The van der Waals surface area contributed by atoms with Gasteiger partial charge >= 0.3 is 0 Å². The van der Waals surface area contributed by atoms with E-state index in [1.165, 1.54) is 30.4 Å². The normalized spacial score (nSPS) is 13.9. The first kappa shape index (κ1) is 16.0. The maximum absolute atomic E-state index is 6.04.